The monoisotopic (exact) mass is 237 g/mol. The minimum absolute atomic E-state index is 0.552. The Kier molecular flexibility index (Phi) is 4.38. The first-order chi connectivity index (χ1) is 7.60. The van der Waals surface area contributed by atoms with Crippen molar-refractivity contribution in [3.8, 4) is 6.19 Å². The summed E-state index contributed by atoms with van der Waals surface area (Å²) in [5, 5.41) is 16.0. The maximum absolute atomic E-state index is 8.51. The fourth-order valence-corrected chi connectivity index (χ4v) is 1.74. The summed E-state index contributed by atoms with van der Waals surface area (Å²) in [4.78, 5) is 4.33. The molecule has 0 fully saturated rings. The molecule has 0 aromatic carbocycles. The van der Waals surface area contributed by atoms with Crippen LogP contribution >= 0.6 is 11.8 Å². The summed E-state index contributed by atoms with van der Waals surface area (Å²) in [5.74, 6) is 0. The maximum atomic E-state index is 8.51. The minimum atomic E-state index is 0.552. The molecule has 0 atom stereocenters. The lowest BCUT2D eigenvalue weighted by atomic mass is 10.2. The van der Waals surface area contributed by atoms with Gasteiger partial charge in [-0.05, 0) is 20.1 Å². The van der Waals surface area contributed by atoms with Gasteiger partial charge in [0.1, 0.15) is 0 Å². The molecule has 1 aromatic heterocycles. The average molecular weight is 237 g/mol. The van der Waals surface area contributed by atoms with Gasteiger partial charge in [0, 0.05) is 18.3 Å². The van der Waals surface area contributed by atoms with Crippen LogP contribution in [0, 0.1) is 25.3 Å². The van der Waals surface area contributed by atoms with Gasteiger partial charge in [0.15, 0.2) is 11.4 Å². The molecule has 0 unspecified atom stereocenters. The molecule has 1 rings (SSSR count). The van der Waals surface area contributed by atoms with Crippen LogP contribution in [0.1, 0.15) is 17.0 Å². The molecule has 0 aliphatic heterocycles. The van der Waals surface area contributed by atoms with E-state index in [9.17, 15) is 0 Å². The Balaban J connectivity index is 2.85. The second-order valence-electron chi connectivity index (χ2n) is 3.34. The van der Waals surface area contributed by atoms with Gasteiger partial charge in [-0.15, -0.1) is 0 Å². The highest BCUT2D eigenvalue weighted by Crippen LogP contribution is 2.13. The van der Waals surface area contributed by atoms with Crippen molar-refractivity contribution in [2.45, 2.75) is 20.4 Å². The lowest BCUT2D eigenvalue weighted by molar-refractivity contribution is 0.730. The number of thioether (sulfide) groups is 1. The van der Waals surface area contributed by atoms with Crippen molar-refractivity contribution in [1.29, 1.82) is 5.26 Å². The quantitative estimate of drug-likeness (QED) is 0.365. The number of aliphatic imine (C=N–C) groups is 1. The van der Waals surface area contributed by atoms with E-state index in [1.807, 2.05) is 38.0 Å². The van der Waals surface area contributed by atoms with E-state index in [1.165, 1.54) is 11.8 Å². The largest absolute Gasteiger partial charge is 0.272 e. The SMILES string of the molecule is CSC(=NCc1c(C)nn(C)c1C)NC#N. The summed E-state index contributed by atoms with van der Waals surface area (Å²) < 4.78 is 1.84. The van der Waals surface area contributed by atoms with E-state index in [-0.39, 0.29) is 0 Å². The Morgan fingerprint density at radius 3 is 2.75 bits per heavy atom. The molecule has 86 valence electrons. The normalized spacial score (nSPS) is 11.3. The van der Waals surface area contributed by atoms with Gasteiger partial charge in [-0.25, -0.2) is 0 Å². The molecule has 1 heterocycles. The molecule has 0 saturated heterocycles. The average Bonchev–Trinajstić information content (AvgIpc) is 2.49. The van der Waals surface area contributed by atoms with Crippen LogP contribution in [0.3, 0.4) is 0 Å². The predicted octanol–water partition coefficient (Wildman–Crippen LogP) is 1.33. The Bertz CT molecular complexity index is 441. The number of rotatable bonds is 2. The number of hydrogen-bond donors (Lipinski definition) is 1. The van der Waals surface area contributed by atoms with Gasteiger partial charge in [0.2, 0.25) is 0 Å². The highest BCUT2D eigenvalue weighted by Gasteiger charge is 2.08. The second kappa shape index (κ2) is 5.56. The fraction of sp³-hybridized carbons (Fsp3) is 0.500. The van der Waals surface area contributed by atoms with Gasteiger partial charge in [0.25, 0.3) is 0 Å². The molecule has 0 saturated carbocycles. The van der Waals surface area contributed by atoms with Crippen LogP contribution in [0.15, 0.2) is 4.99 Å². The third-order valence-corrected chi connectivity index (χ3v) is 3.01. The molecule has 1 N–H and O–H groups in total. The van der Waals surface area contributed by atoms with Crippen molar-refractivity contribution in [2.75, 3.05) is 6.26 Å². The van der Waals surface area contributed by atoms with Gasteiger partial charge in [-0.1, -0.05) is 11.8 Å². The number of nitrogens with zero attached hydrogens (tertiary/aromatic N) is 4. The number of nitrogens with one attached hydrogen (secondary N) is 1. The molecule has 0 aliphatic rings. The summed E-state index contributed by atoms with van der Waals surface area (Å²) in [6, 6.07) is 0. The number of hydrogen-bond acceptors (Lipinski definition) is 4. The number of aryl methyl sites for hydroxylation is 2. The van der Waals surface area contributed by atoms with Gasteiger partial charge in [0.05, 0.1) is 12.2 Å². The molecule has 0 radical (unpaired) electrons. The van der Waals surface area contributed by atoms with E-state index in [1.54, 1.807) is 0 Å². The lowest BCUT2D eigenvalue weighted by Crippen LogP contribution is -2.13. The third kappa shape index (κ3) is 2.76. The van der Waals surface area contributed by atoms with Crippen LogP contribution in [0.2, 0.25) is 0 Å². The topological polar surface area (TPSA) is 66.0 Å². The second-order valence-corrected chi connectivity index (χ2v) is 4.13. The standard InChI is InChI=1S/C10H15N5S/c1-7-9(8(2)15(3)14-7)5-12-10(16-4)13-6-11/h5H2,1-4H3,(H,12,13). The Hall–Kier alpha value is -1.48. The highest BCUT2D eigenvalue weighted by molar-refractivity contribution is 8.13. The summed E-state index contributed by atoms with van der Waals surface area (Å²) in [7, 11) is 1.92. The van der Waals surface area contributed by atoms with Gasteiger partial charge >= 0.3 is 0 Å². The maximum Gasteiger partial charge on any atom is 0.183 e. The van der Waals surface area contributed by atoms with Gasteiger partial charge in [-0.3, -0.25) is 15.0 Å². The zero-order chi connectivity index (χ0) is 12.1. The molecular weight excluding hydrogens is 222 g/mol. The smallest absolute Gasteiger partial charge is 0.183 e. The molecule has 0 spiro atoms. The van der Waals surface area contributed by atoms with Gasteiger partial charge in [-0.2, -0.15) is 10.4 Å². The number of amidine groups is 1. The third-order valence-electron chi connectivity index (χ3n) is 2.40. The van der Waals surface area contributed by atoms with E-state index >= 15 is 0 Å². The van der Waals surface area contributed by atoms with E-state index in [4.69, 9.17) is 5.26 Å². The highest BCUT2D eigenvalue weighted by atomic mass is 32.2. The van der Waals surface area contributed by atoms with E-state index in [0.717, 1.165) is 17.0 Å². The van der Waals surface area contributed by atoms with Crippen molar-refractivity contribution in [3.05, 3.63) is 17.0 Å². The molecule has 16 heavy (non-hydrogen) atoms. The number of aromatic nitrogens is 2. The van der Waals surface area contributed by atoms with Crippen molar-refractivity contribution < 1.29 is 0 Å². The molecular formula is C10H15N5S. The summed E-state index contributed by atoms with van der Waals surface area (Å²) in [6.07, 6.45) is 3.75. The van der Waals surface area contributed by atoms with E-state index < -0.39 is 0 Å². The Morgan fingerprint density at radius 2 is 2.31 bits per heavy atom. The molecule has 0 amide bonds. The lowest BCUT2D eigenvalue weighted by Gasteiger charge is -2.01. The molecule has 0 bridgehead atoms. The first kappa shape index (κ1) is 12.6. The molecule has 6 heteroatoms. The summed E-state index contributed by atoms with van der Waals surface area (Å²) >= 11 is 1.42. The first-order valence-electron chi connectivity index (χ1n) is 4.82. The first-order valence-corrected chi connectivity index (χ1v) is 6.05. The summed E-state index contributed by atoms with van der Waals surface area (Å²) in [6.45, 7) is 4.53. The molecule has 5 nitrogen and oxygen atoms in total. The molecule has 1 aromatic rings. The molecule has 0 aliphatic carbocycles. The van der Waals surface area contributed by atoms with E-state index in [2.05, 4.69) is 15.4 Å². The Morgan fingerprint density at radius 1 is 1.62 bits per heavy atom. The van der Waals surface area contributed by atoms with Crippen molar-refractivity contribution in [2.24, 2.45) is 12.0 Å². The van der Waals surface area contributed by atoms with E-state index in [0.29, 0.717) is 11.7 Å². The van der Waals surface area contributed by atoms with Crippen LogP contribution < -0.4 is 5.32 Å². The Labute approximate surface area is 99.6 Å². The predicted molar refractivity (Wildman–Crippen MR) is 66.1 cm³/mol. The van der Waals surface area contributed by atoms with Crippen LogP contribution in [-0.2, 0) is 13.6 Å². The van der Waals surface area contributed by atoms with Crippen molar-refractivity contribution in [3.63, 3.8) is 0 Å². The summed E-state index contributed by atoms with van der Waals surface area (Å²) in [5.41, 5.74) is 3.22. The van der Waals surface area contributed by atoms with Crippen LogP contribution in [0.5, 0.6) is 0 Å². The zero-order valence-electron chi connectivity index (χ0n) is 9.90. The zero-order valence-corrected chi connectivity index (χ0v) is 10.7. The fourth-order valence-electron chi connectivity index (χ4n) is 1.40. The minimum Gasteiger partial charge on any atom is -0.272 e. The van der Waals surface area contributed by atoms with Crippen molar-refractivity contribution >= 4 is 16.9 Å². The van der Waals surface area contributed by atoms with Crippen molar-refractivity contribution in [1.82, 2.24) is 15.1 Å². The van der Waals surface area contributed by atoms with Gasteiger partial charge < -0.3 is 0 Å². The van der Waals surface area contributed by atoms with Crippen LogP contribution in [0.4, 0.5) is 0 Å². The van der Waals surface area contributed by atoms with Crippen LogP contribution in [0.25, 0.3) is 0 Å². The van der Waals surface area contributed by atoms with Crippen LogP contribution in [-0.4, -0.2) is 21.2 Å². The number of nitriles is 1.